The van der Waals surface area contributed by atoms with Crippen LogP contribution >= 0.6 is 0 Å². The lowest BCUT2D eigenvalue weighted by Crippen LogP contribution is -2.32. The number of ether oxygens (including phenoxy) is 1. The van der Waals surface area contributed by atoms with Crippen LogP contribution < -0.4 is 9.64 Å². The maximum absolute atomic E-state index is 12.5. The molecule has 1 N–H and O–H groups in total. The van der Waals surface area contributed by atoms with Crippen molar-refractivity contribution in [3.05, 3.63) is 35.8 Å². The quantitative estimate of drug-likeness (QED) is 0.887. The molecule has 0 aliphatic carbocycles. The summed E-state index contributed by atoms with van der Waals surface area (Å²) in [5.74, 6) is 1.87. The lowest BCUT2D eigenvalue weighted by atomic mass is 10.2. The number of likely N-dealkylation sites (tertiary alicyclic amines) is 1. The Morgan fingerprint density at radius 3 is 2.96 bits per heavy atom. The van der Waals surface area contributed by atoms with Crippen LogP contribution in [0.2, 0.25) is 0 Å². The second-order valence-electron chi connectivity index (χ2n) is 7.11. The van der Waals surface area contributed by atoms with Gasteiger partial charge in [-0.3, -0.25) is 9.89 Å². The first-order valence-electron chi connectivity index (χ1n) is 9.34. The van der Waals surface area contributed by atoms with Gasteiger partial charge in [-0.15, -0.1) is 0 Å². The highest BCUT2D eigenvalue weighted by Crippen LogP contribution is 2.30. The predicted octanol–water partition coefficient (Wildman–Crippen LogP) is 1.94. The van der Waals surface area contributed by atoms with Crippen LogP contribution in [0.25, 0.3) is 0 Å². The van der Waals surface area contributed by atoms with Crippen LogP contribution in [0.5, 0.6) is 5.75 Å². The lowest BCUT2D eigenvalue weighted by molar-refractivity contribution is -0.129. The number of carbonyl (C=O) groups is 1. The first-order valence-corrected chi connectivity index (χ1v) is 9.34. The van der Waals surface area contributed by atoms with Gasteiger partial charge < -0.3 is 14.5 Å². The summed E-state index contributed by atoms with van der Waals surface area (Å²) < 4.78 is 6.23. The Morgan fingerprint density at radius 1 is 1.35 bits per heavy atom. The van der Waals surface area contributed by atoms with Crippen molar-refractivity contribution in [1.29, 1.82) is 0 Å². The number of H-pyrrole nitrogens is 1. The number of rotatable bonds is 5. The molecular weight excluding hydrogens is 330 g/mol. The maximum atomic E-state index is 12.5. The van der Waals surface area contributed by atoms with E-state index in [0.717, 1.165) is 49.0 Å². The molecule has 2 aromatic rings. The Labute approximate surface area is 153 Å². The largest absolute Gasteiger partial charge is 0.485 e. The molecule has 26 heavy (non-hydrogen) atoms. The second kappa shape index (κ2) is 7.35. The molecule has 2 aliphatic heterocycles. The maximum Gasteiger partial charge on any atom is 0.228 e. The zero-order valence-corrected chi connectivity index (χ0v) is 15.1. The van der Waals surface area contributed by atoms with E-state index in [-0.39, 0.29) is 12.0 Å². The molecule has 4 rings (SSSR count). The van der Waals surface area contributed by atoms with Gasteiger partial charge in [0, 0.05) is 37.9 Å². The van der Waals surface area contributed by atoms with Gasteiger partial charge in [-0.1, -0.05) is 0 Å². The first kappa shape index (κ1) is 16.9. The fourth-order valence-electron chi connectivity index (χ4n) is 3.70. The minimum absolute atomic E-state index is 0.0189. The lowest BCUT2D eigenvalue weighted by Gasteiger charge is -2.22. The minimum Gasteiger partial charge on any atom is -0.485 e. The summed E-state index contributed by atoms with van der Waals surface area (Å²) in [7, 11) is 0. The van der Waals surface area contributed by atoms with E-state index in [2.05, 4.69) is 20.1 Å². The Hall–Kier alpha value is -2.57. The van der Waals surface area contributed by atoms with Crippen LogP contribution in [0.1, 0.15) is 30.7 Å². The van der Waals surface area contributed by atoms with E-state index in [1.54, 1.807) is 0 Å². The molecule has 2 aromatic heterocycles. The third-order valence-electron chi connectivity index (χ3n) is 5.04. The van der Waals surface area contributed by atoms with Gasteiger partial charge in [0.05, 0.1) is 18.7 Å². The first-order chi connectivity index (χ1) is 12.7. The van der Waals surface area contributed by atoms with Crippen LogP contribution in [-0.2, 0) is 11.2 Å². The van der Waals surface area contributed by atoms with Crippen molar-refractivity contribution >= 4 is 11.7 Å². The van der Waals surface area contributed by atoms with E-state index in [1.807, 2.05) is 36.2 Å². The average Bonchev–Trinajstić information content (AvgIpc) is 3.38. The summed E-state index contributed by atoms with van der Waals surface area (Å²) in [4.78, 5) is 21.2. The predicted molar refractivity (Wildman–Crippen MR) is 98.3 cm³/mol. The zero-order valence-electron chi connectivity index (χ0n) is 15.1. The molecule has 0 saturated carbocycles. The summed E-state index contributed by atoms with van der Waals surface area (Å²) in [6.45, 7) is 5.35. The van der Waals surface area contributed by atoms with Gasteiger partial charge in [0.15, 0.2) is 11.6 Å². The number of nitrogens with zero attached hydrogens (tertiary/aromatic N) is 4. The fraction of sp³-hybridized carbons (Fsp3) is 0.526. The summed E-state index contributed by atoms with van der Waals surface area (Å²) in [6, 6.07) is 5.81. The molecule has 2 aliphatic rings. The van der Waals surface area contributed by atoms with Crippen molar-refractivity contribution in [2.45, 2.75) is 38.7 Å². The molecule has 2 fully saturated rings. The van der Waals surface area contributed by atoms with E-state index < -0.39 is 0 Å². The van der Waals surface area contributed by atoms with Crippen LogP contribution in [0.4, 0.5) is 5.82 Å². The SMILES string of the molecule is Cc1cc(CC(=O)N2CC[C@H](Oc3cccnc3N3CCCC3)C2)n[nH]1. The third kappa shape index (κ3) is 3.66. The molecule has 7 heteroatoms. The van der Waals surface area contributed by atoms with Crippen molar-refractivity contribution in [3.63, 3.8) is 0 Å². The van der Waals surface area contributed by atoms with E-state index in [4.69, 9.17) is 4.74 Å². The molecule has 7 nitrogen and oxygen atoms in total. The summed E-state index contributed by atoms with van der Waals surface area (Å²) >= 11 is 0. The number of hydrogen-bond acceptors (Lipinski definition) is 5. The van der Waals surface area contributed by atoms with Gasteiger partial charge in [-0.25, -0.2) is 4.98 Å². The number of pyridine rings is 1. The zero-order chi connectivity index (χ0) is 17.9. The molecule has 0 bridgehead atoms. The van der Waals surface area contributed by atoms with Gasteiger partial charge in [-0.05, 0) is 38.0 Å². The molecule has 1 amide bonds. The van der Waals surface area contributed by atoms with Crippen molar-refractivity contribution in [1.82, 2.24) is 20.1 Å². The summed E-state index contributed by atoms with van der Waals surface area (Å²) in [5, 5.41) is 7.03. The van der Waals surface area contributed by atoms with Crippen LogP contribution in [0.15, 0.2) is 24.4 Å². The molecule has 4 heterocycles. The highest BCUT2D eigenvalue weighted by atomic mass is 16.5. The molecule has 0 spiro atoms. The van der Waals surface area contributed by atoms with E-state index in [9.17, 15) is 4.79 Å². The van der Waals surface area contributed by atoms with E-state index in [0.29, 0.717) is 13.0 Å². The van der Waals surface area contributed by atoms with Gasteiger partial charge in [-0.2, -0.15) is 5.10 Å². The van der Waals surface area contributed by atoms with Crippen molar-refractivity contribution in [3.8, 4) is 5.75 Å². The van der Waals surface area contributed by atoms with E-state index in [1.165, 1.54) is 12.8 Å². The smallest absolute Gasteiger partial charge is 0.228 e. The number of hydrogen-bond donors (Lipinski definition) is 1. The minimum atomic E-state index is 0.0189. The molecule has 0 radical (unpaired) electrons. The fourth-order valence-corrected chi connectivity index (χ4v) is 3.70. The summed E-state index contributed by atoms with van der Waals surface area (Å²) in [5.41, 5.74) is 1.77. The Kier molecular flexibility index (Phi) is 4.77. The third-order valence-corrected chi connectivity index (χ3v) is 5.04. The molecule has 2 saturated heterocycles. The standard InChI is InChI=1S/C19H25N5O2/c1-14-11-15(22-21-14)12-18(25)24-10-6-16(13-24)26-17-5-4-7-20-19(17)23-8-2-3-9-23/h4-5,7,11,16H,2-3,6,8-10,12-13H2,1H3,(H,21,22)/t16-/m0/s1. The average molecular weight is 355 g/mol. The number of aromatic amines is 1. The van der Waals surface area contributed by atoms with Crippen molar-refractivity contribution < 1.29 is 9.53 Å². The summed E-state index contributed by atoms with van der Waals surface area (Å²) in [6.07, 6.45) is 5.42. The number of amides is 1. The van der Waals surface area contributed by atoms with Crippen LogP contribution in [-0.4, -0.2) is 58.3 Å². The van der Waals surface area contributed by atoms with Gasteiger partial charge in [0.2, 0.25) is 5.91 Å². The Balaban J connectivity index is 1.36. The normalized spacial score (nSPS) is 20.0. The molecule has 1 atom stereocenters. The monoisotopic (exact) mass is 355 g/mol. The molecule has 0 unspecified atom stereocenters. The number of aryl methyl sites for hydroxylation is 1. The van der Waals surface area contributed by atoms with Crippen LogP contribution in [0, 0.1) is 6.92 Å². The Morgan fingerprint density at radius 2 is 2.19 bits per heavy atom. The van der Waals surface area contributed by atoms with E-state index >= 15 is 0 Å². The number of anilines is 1. The highest BCUT2D eigenvalue weighted by molar-refractivity contribution is 5.78. The topological polar surface area (TPSA) is 74.4 Å². The molecule has 138 valence electrons. The number of nitrogens with one attached hydrogen (secondary N) is 1. The van der Waals surface area contributed by atoms with Crippen molar-refractivity contribution in [2.75, 3.05) is 31.1 Å². The van der Waals surface area contributed by atoms with Gasteiger partial charge in [0.25, 0.3) is 0 Å². The Bertz CT molecular complexity index is 769. The molecule has 0 aromatic carbocycles. The number of aromatic nitrogens is 3. The van der Waals surface area contributed by atoms with Crippen molar-refractivity contribution in [2.24, 2.45) is 0 Å². The molecular formula is C19H25N5O2. The van der Waals surface area contributed by atoms with Gasteiger partial charge in [0.1, 0.15) is 6.10 Å². The van der Waals surface area contributed by atoms with Gasteiger partial charge >= 0.3 is 0 Å². The highest BCUT2D eigenvalue weighted by Gasteiger charge is 2.29. The number of carbonyl (C=O) groups excluding carboxylic acids is 1. The van der Waals surface area contributed by atoms with Crippen LogP contribution in [0.3, 0.4) is 0 Å². The second-order valence-corrected chi connectivity index (χ2v) is 7.11.